The fraction of sp³-hybridized carbons (Fsp3) is 0.389. The van der Waals surface area contributed by atoms with Gasteiger partial charge in [-0.05, 0) is 51.8 Å². The van der Waals surface area contributed by atoms with Gasteiger partial charge < -0.3 is 15.0 Å². The highest BCUT2D eigenvalue weighted by molar-refractivity contribution is 5.96. The Kier molecular flexibility index (Phi) is 5.39. The van der Waals surface area contributed by atoms with Gasteiger partial charge in [-0.15, -0.1) is 0 Å². The van der Waals surface area contributed by atoms with Crippen LogP contribution >= 0.6 is 0 Å². The Morgan fingerprint density at radius 1 is 1.27 bits per heavy atom. The summed E-state index contributed by atoms with van der Waals surface area (Å²) in [7, 11) is 0. The van der Waals surface area contributed by atoms with Crippen LogP contribution < -0.4 is 5.32 Å². The first kappa shape index (κ1) is 16.3. The Labute approximate surface area is 131 Å². The van der Waals surface area contributed by atoms with E-state index in [4.69, 9.17) is 5.11 Å². The zero-order chi connectivity index (χ0) is 16.1. The number of hydrogen-bond donors (Lipinski definition) is 2. The van der Waals surface area contributed by atoms with Crippen LogP contribution in [-0.4, -0.2) is 28.2 Å². The van der Waals surface area contributed by atoms with E-state index in [0.717, 1.165) is 23.5 Å². The third kappa shape index (κ3) is 3.57. The van der Waals surface area contributed by atoms with E-state index in [1.807, 2.05) is 57.2 Å². The largest absolute Gasteiger partial charge is 0.396 e. The number of carbonyl (C=O) groups excluding carboxylic acids is 1. The molecule has 0 fully saturated rings. The molecule has 118 valence electrons. The molecule has 4 heteroatoms. The Bertz CT molecular complexity index is 632. The monoisotopic (exact) mass is 300 g/mol. The highest BCUT2D eigenvalue weighted by Crippen LogP contribution is 2.20. The van der Waals surface area contributed by atoms with Crippen LogP contribution in [0.15, 0.2) is 36.4 Å². The van der Waals surface area contributed by atoms with Crippen molar-refractivity contribution < 1.29 is 9.90 Å². The molecule has 2 aromatic rings. The first-order valence-electron chi connectivity index (χ1n) is 7.70. The minimum absolute atomic E-state index is 0.0549. The van der Waals surface area contributed by atoms with E-state index in [-0.39, 0.29) is 18.6 Å². The van der Waals surface area contributed by atoms with Crippen molar-refractivity contribution in [2.45, 2.75) is 39.7 Å². The van der Waals surface area contributed by atoms with E-state index in [1.165, 1.54) is 0 Å². The van der Waals surface area contributed by atoms with E-state index in [9.17, 15) is 4.79 Å². The summed E-state index contributed by atoms with van der Waals surface area (Å²) >= 11 is 0. The van der Waals surface area contributed by atoms with Crippen LogP contribution in [0.2, 0.25) is 0 Å². The molecule has 1 aromatic carbocycles. The summed E-state index contributed by atoms with van der Waals surface area (Å²) in [5, 5.41) is 11.9. The molecule has 1 atom stereocenters. The quantitative estimate of drug-likeness (QED) is 0.861. The lowest BCUT2D eigenvalue weighted by Gasteiger charge is -2.13. The minimum Gasteiger partial charge on any atom is -0.396 e. The van der Waals surface area contributed by atoms with Crippen molar-refractivity contribution in [3.8, 4) is 5.69 Å². The summed E-state index contributed by atoms with van der Waals surface area (Å²) in [6.07, 6.45) is 1.48. The Morgan fingerprint density at radius 2 is 1.95 bits per heavy atom. The standard InChI is InChI=1S/C18H24N2O2/c1-13(8-7-11-21)19-18(22)17-12-14(2)20(15(17)3)16-9-5-4-6-10-16/h4-6,9-10,12-13,21H,7-8,11H2,1-3H3,(H,19,22). The fourth-order valence-electron chi connectivity index (χ4n) is 2.74. The lowest BCUT2D eigenvalue weighted by molar-refractivity contribution is 0.0936. The molecule has 2 rings (SSSR count). The summed E-state index contributed by atoms with van der Waals surface area (Å²) in [6, 6.07) is 12.0. The summed E-state index contributed by atoms with van der Waals surface area (Å²) in [5.74, 6) is -0.0549. The van der Waals surface area contributed by atoms with Crippen LogP contribution in [0.3, 0.4) is 0 Å². The molecule has 0 bridgehead atoms. The summed E-state index contributed by atoms with van der Waals surface area (Å²) < 4.78 is 2.09. The first-order chi connectivity index (χ1) is 10.5. The smallest absolute Gasteiger partial charge is 0.253 e. The zero-order valence-electron chi connectivity index (χ0n) is 13.5. The number of benzene rings is 1. The van der Waals surface area contributed by atoms with Gasteiger partial charge in [0.15, 0.2) is 0 Å². The Morgan fingerprint density at radius 3 is 2.59 bits per heavy atom. The SMILES string of the molecule is Cc1cc(C(=O)NC(C)CCCO)c(C)n1-c1ccccc1. The topological polar surface area (TPSA) is 54.3 Å². The molecule has 2 N–H and O–H groups in total. The van der Waals surface area contributed by atoms with Crippen molar-refractivity contribution in [2.75, 3.05) is 6.61 Å². The van der Waals surface area contributed by atoms with Gasteiger partial charge in [-0.2, -0.15) is 0 Å². The maximum atomic E-state index is 12.4. The van der Waals surface area contributed by atoms with E-state index in [2.05, 4.69) is 9.88 Å². The highest BCUT2D eigenvalue weighted by atomic mass is 16.3. The number of aromatic nitrogens is 1. The molecule has 1 aromatic heterocycles. The predicted molar refractivity (Wildman–Crippen MR) is 88.5 cm³/mol. The number of amides is 1. The summed E-state index contributed by atoms with van der Waals surface area (Å²) in [4.78, 5) is 12.4. The lowest BCUT2D eigenvalue weighted by Crippen LogP contribution is -2.32. The fourth-order valence-corrected chi connectivity index (χ4v) is 2.74. The normalized spacial score (nSPS) is 12.2. The van der Waals surface area contributed by atoms with Gasteiger partial charge in [-0.25, -0.2) is 0 Å². The molecular weight excluding hydrogens is 276 g/mol. The molecule has 0 saturated carbocycles. The molecule has 0 spiro atoms. The molecule has 1 unspecified atom stereocenters. The van der Waals surface area contributed by atoms with Gasteiger partial charge in [-0.1, -0.05) is 18.2 Å². The van der Waals surface area contributed by atoms with Crippen LogP contribution in [0, 0.1) is 13.8 Å². The van der Waals surface area contributed by atoms with Crippen molar-refractivity contribution in [1.82, 2.24) is 9.88 Å². The van der Waals surface area contributed by atoms with Crippen molar-refractivity contribution in [3.63, 3.8) is 0 Å². The molecule has 0 radical (unpaired) electrons. The van der Waals surface area contributed by atoms with Gasteiger partial charge in [0.2, 0.25) is 0 Å². The average Bonchev–Trinajstić information content (AvgIpc) is 2.81. The van der Waals surface area contributed by atoms with Gasteiger partial charge in [0.05, 0.1) is 5.56 Å². The van der Waals surface area contributed by atoms with Gasteiger partial charge >= 0.3 is 0 Å². The van der Waals surface area contributed by atoms with E-state index in [1.54, 1.807) is 0 Å². The van der Waals surface area contributed by atoms with Gasteiger partial charge in [0.25, 0.3) is 5.91 Å². The molecule has 0 aliphatic heterocycles. The molecule has 1 amide bonds. The third-order valence-electron chi connectivity index (χ3n) is 3.86. The van der Waals surface area contributed by atoms with Crippen LogP contribution in [0.1, 0.15) is 41.5 Å². The molecule has 0 saturated heterocycles. The number of carbonyl (C=O) groups is 1. The highest BCUT2D eigenvalue weighted by Gasteiger charge is 2.17. The van der Waals surface area contributed by atoms with Crippen LogP contribution in [-0.2, 0) is 0 Å². The minimum atomic E-state index is -0.0549. The second-order valence-electron chi connectivity index (χ2n) is 5.70. The molecule has 1 heterocycles. The van der Waals surface area contributed by atoms with Crippen molar-refractivity contribution in [2.24, 2.45) is 0 Å². The van der Waals surface area contributed by atoms with E-state index in [0.29, 0.717) is 12.0 Å². The number of rotatable bonds is 6. The number of aryl methyl sites for hydroxylation is 1. The number of aliphatic hydroxyl groups excluding tert-OH is 1. The molecule has 22 heavy (non-hydrogen) atoms. The van der Waals surface area contributed by atoms with Crippen LogP contribution in [0.4, 0.5) is 0 Å². The maximum absolute atomic E-state index is 12.4. The van der Waals surface area contributed by atoms with Crippen molar-refractivity contribution in [1.29, 1.82) is 0 Å². The third-order valence-corrected chi connectivity index (χ3v) is 3.86. The molecule has 0 aliphatic rings. The molecule has 0 aliphatic carbocycles. The Hall–Kier alpha value is -2.07. The van der Waals surface area contributed by atoms with Crippen molar-refractivity contribution >= 4 is 5.91 Å². The van der Waals surface area contributed by atoms with E-state index >= 15 is 0 Å². The van der Waals surface area contributed by atoms with Gasteiger partial charge in [-0.3, -0.25) is 4.79 Å². The second-order valence-corrected chi connectivity index (χ2v) is 5.70. The maximum Gasteiger partial charge on any atom is 0.253 e. The number of hydrogen-bond acceptors (Lipinski definition) is 2. The van der Waals surface area contributed by atoms with E-state index < -0.39 is 0 Å². The average molecular weight is 300 g/mol. The first-order valence-corrected chi connectivity index (χ1v) is 7.70. The molecular formula is C18H24N2O2. The van der Waals surface area contributed by atoms with Crippen molar-refractivity contribution in [3.05, 3.63) is 53.3 Å². The lowest BCUT2D eigenvalue weighted by atomic mass is 10.1. The van der Waals surface area contributed by atoms with Gasteiger partial charge in [0, 0.05) is 29.7 Å². The second kappa shape index (κ2) is 7.27. The number of para-hydroxylation sites is 1. The number of aliphatic hydroxyl groups is 1. The number of nitrogens with one attached hydrogen (secondary N) is 1. The zero-order valence-corrected chi connectivity index (χ0v) is 13.5. The van der Waals surface area contributed by atoms with Gasteiger partial charge in [0.1, 0.15) is 0 Å². The number of nitrogens with zero attached hydrogens (tertiary/aromatic N) is 1. The van der Waals surface area contributed by atoms with Crippen LogP contribution in [0.25, 0.3) is 5.69 Å². The summed E-state index contributed by atoms with van der Waals surface area (Å²) in [6.45, 7) is 6.09. The van der Waals surface area contributed by atoms with Crippen LogP contribution in [0.5, 0.6) is 0 Å². The predicted octanol–water partition coefficient (Wildman–Crippen LogP) is 2.98. The summed E-state index contributed by atoms with van der Waals surface area (Å²) in [5.41, 5.74) is 3.74. The Balaban J connectivity index is 2.21. The molecule has 4 nitrogen and oxygen atoms in total.